The Labute approximate surface area is 199 Å². The van der Waals surface area contributed by atoms with Crippen molar-refractivity contribution in [2.24, 2.45) is 0 Å². The number of aryl methyl sites for hydroxylation is 1. The van der Waals surface area contributed by atoms with Crippen LogP contribution in [-0.4, -0.2) is 30.7 Å². The summed E-state index contributed by atoms with van der Waals surface area (Å²) in [5.41, 5.74) is 7.50. The van der Waals surface area contributed by atoms with Gasteiger partial charge < -0.3 is 14.9 Å². The highest BCUT2D eigenvalue weighted by Crippen LogP contribution is 2.50. The van der Waals surface area contributed by atoms with Crippen LogP contribution in [0, 0.1) is 0 Å². The number of hydrogen-bond donors (Lipinski definition) is 2. The number of nitrogens with zero attached hydrogens (tertiary/aromatic N) is 2. The second kappa shape index (κ2) is 8.73. The van der Waals surface area contributed by atoms with Gasteiger partial charge in [0.1, 0.15) is 0 Å². The Bertz CT molecular complexity index is 1310. The van der Waals surface area contributed by atoms with E-state index in [1.165, 1.54) is 43.7 Å². The van der Waals surface area contributed by atoms with Crippen LogP contribution in [0.4, 0.5) is 11.4 Å². The molecule has 2 N–H and O–H groups in total. The van der Waals surface area contributed by atoms with Crippen molar-refractivity contribution >= 4 is 40.2 Å². The van der Waals surface area contributed by atoms with E-state index < -0.39 is 0 Å². The minimum absolute atomic E-state index is 0.451. The second-order valence-corrected chi connectivity index (χ2v) is 10.0. The van der Waals surface area contributed by atoms with Gasteiger partial charge in [0.2, 0.25) is 0 Å². The van der Waals surface area contributed by atoms with Gasteiger partial charge >= 0.3 is 0 Å². The van der Waals surface area contributed by atoms with Gasteiger partial charge in [-0.1, -0.05) is 54.6 Å². The molecule has 0 amide bonds. The van der Waals surface area contributed by atoms with Crippen molar-refractivity contribution in [3.05, 3.63) is 82.9 Å². The molecule has 0 spiro atoms. The highest BCUT2D eigenvalue weighted by atomic mass is 32.2. The Morgan fingerprint density at radius 2 is 1.94 bits per heavy atom. The van der Waals surface area contributed by atoms with Crippen molar-refractivity contribution in [3.8, 4) is 11.3 Å². The third kappa shape index (κ3) is 3.85. The van der Waals surface area contributed by atoms with Gasteiger partial charge in [-0.3, -0.25) is 4.98 Å². The second-order valence-electron chi connectivity index (χ2n) is 8.96. The molecule has 166 valence electrons. The lowest BCUT2D eigenvalue weighted by atomic mass is 9.98. The number of rotatable bonds is 4. The summed E-state index contributed by atoms with van der Waals surface area (Å²) >= 11 is 1.69. The van der Waals surface area contributed by atoms with Gasteiger partial charge in [0.05, 0.1) is 17.1 Å². The van der Waals surface area contributed by atoms with E-state index in [0.717, 1.165) is 38.2 Å². The maximum atomic E-state index is 4.86. The fourth-order valence-corrected chi connectivity index (χ4v) is 5.91. The molecule has 2 aromatic carbocycles. The minimum Gasteiger partial charge on any atom is -0.366 e. The predicted molar refractivity (Wildman–Crippen MR) is 142 cm³/mol. The van der Waals surface area contributed by atoms with E-state index in [4.69, 9.17) is 4.98 Å². The van der Waals surface area contributed by atoms with Crippen LogP contribution in [0.25, 0.3) is 28.1 Å². The number of aromatic nitrogens is 1. The molecule has 4 nitrogen and oxygen atoms in total. The quantitative estimate of drug-likeness (QED) is 0.362. The van der Waals surface area contributed by atoms with Crippen molar-refractivity contribution in [1.29, 1.82) is 0 Å². The normalized spacial score (nSPS) is 18.2. The Hall–Kier alpha value is -3.02. The molecule has 33 heavy (non-hydrogen) atoms. The van der Waals surface area contributed by atoms with Crippen LogP contribution >= 0.6 is 11.9 Å². The molecule has 1 atom stereocenters. The largest absolute Gasteiger partial charge is 0.366 e. The van der Waals surface area contributed by atoms with Crippen molar-refractivity contribution in [1.82, 2.24) is 10.3 Å². The van der Waals surface area contributed by atoms with Crippen LogP contribution in [0.15, 0.2) is 71.8 Å². The zero-order valence-corrected chi connectivity index (χ0v) is 19.7. The van der Waals surface area contributed by atoms with E-state index in [9.17, 15) is 0 Å². The van der Waals surface area contributed by atoms with Gasteiger partial charge in [-0.25, -0.2) is 0 Å². The number of hydrogen-bond acceptors (Lipinski definition) is 5. The molecule has 1 saturated heterocycles. The Balaban J connectivity index is 1.28. The number of benzene rings is 2. The van der Waals surface area contributed by atoms with E-state index in [1.807, 2.05) is 12.3 Å². The van der Waals surface area contributed by atoms with Crippen molar-refractivity contribution < 1.29 is 0 Å². The number of allylic oxidation sites excluding steroid dienone is 1. The lowest BCUT2D eigenvalue weighted by Gasteiger charge is -2.36. The SMILES string of the molecule is CC1=Cc2c(c3ccccnc-3c2N2CCN[C@@H](CCc3cccc4ccccc34)C2)NS1. The first-order valence-corrected chi connectivity index (χ1v) is 12.6. The van der Waals surface area contributed by atoms with Crippen LogP contribution in [0.5, 0.6) is 0 Å². The topological polar surface area (TPSA) is 40.2 Å². The molecule has 0 saturated carbocycles. The summed E-state index contributed by atoms with van der Waals surface area (Å²) in [5.74, 6) is 0. The first-order chi connectivity index (χ1) is 16.3. The minimum atomic E-state index is 0.451. The van der Waals surface area contributed by atoms with Crippen LogP contribution in [-0.2, 0) is 6.42 Å². The molecular weight excluding hydrogens is 424 g/mol. The predicted octanol–water partition coefficient (Wildman–Crippen LogP) is 6.19. The number of nitrogens with one attached hydrogen (secondary N) is 2. The molecule has 4 aliphatic rings. The fourth-order valence-electron chi connectivity index (χ4n) is 5.25. The highest BCUT2D eigenvalue weighted by molar-refractivity contribution is 8.04. The summed E-state index contributed by atoms with van der Waals surface area (Å²) in [6.07, 6.45) is 6.44. The zero-order chi connectivity index (χ0) is 22.2. The summed E-state index contributed by atoms with van der Waals surface area (Å²) in [6.45, 7) is 5.15. The molecule has 0 aromatic heterocycles. The molecule has 0 unspecified atom stereocenters. The molecule has 3 heterocycles. The van der Waals surface area contributed by atoms with Crippen LogP contribution < -0.4 is 14.9 Å². The molecule has 6 rings (SSSR count). The van der Waals surface area contributed by atoms with Crippen LogP contribution in [0.2, 0.25) is 0 Å². The van der Waals surface area contributed by atoms with Gasteiger partial charge in [-0.2, -0.15) is 0 Å². The monoisotopic (exact) mass is 452 g/mol. The van der Waals surface area contributed by atoms with Crippen LogP contribution in [0.1, 0.15) is 24.5 Å². The van der Waals surface area contributed by atoms with E-state index >= 15 is 0 Å². The zero-order valence-electron chi connectivity index (χ0n) is 18.8. The van der Waals surface area contributed by atoms with E-state index in [2.05, 4.69) is 82.5 Å². The first kappa shape index (κ1) is 20.6. The third-order valence-electron chi connectivity index (χ3n) is 6.81. The number of piperazine rings is 1. The Morgan fingerprint density at radius 1 is 1.06 bits per heavy atom. The summed E-state index contributed by atoms with van der Waals surface area (Å²) in [6, 6.07) is 22.1. The fraction of sp³-hybridized carbons (Fsp3) is 0.250. The maximum absolute atomic E-state index is 4.86. The van der Waals surface area contributed by atoms with Crippen LogP contribution in [0.3, 0.4) is 0 Å². The van der Waals surface area contributed by atoms with Gasteiger partial charge in [0, 0.05) is 47.9 Å². The first-order valence-electron chi connectivity index (χ1n) is 11.7. The lowest BCUT2D eigenvalue weighted by molar-refractivity contribution is 0.435. The molecule has 1 aliphatic carbocycles. The van der Waals surface area contributed by atoms with Crippen molar-refractivity contribution in [3.63, 3.8) is 0 Å². The van der Waals surface area contributed by atoms with Crippen molar-refractivity contribution in [2.45, 2.75) is 25.8 Å². The molecular formula is C28H28N4S. The van der Waals surface area contributed by atoms with E-state index in [1.54, 1.807) is 11.9 Å². The summed E-state index contributed by atoms with van der Waals surface area (Å²) in [4.78, 5) is 8.70. The standard InChI is InChI=1S/C28H28N4S/c1-19-17-25-26(31-33-19)24-11-4-5-14-30-27(24)28(25)32-16-15-29-22(18-32)13-12-21-9-6-8-20-7-2-3-10-23(20)21/h2-11,14,17,22,29,31H,12-13,15-16,18H2,1H3/t22-/m0/s1. The summed E-state index contributed by atoms with van der Waals surface area (Å²) in [7, 11) is 0. The molecule has 2 aromatic rings. The van der Waals surface area contributed by atoms with Gasteiger partial charge in [-0.05, 0) is 60.2 Å². The Kier molecular flexibility index (Phi) is 5.44. The van der Waals surface area contributed by atoms with Gasteiger partial charge in [-0.15, -0.1) is 0 Å². The maximum Gasteiger partial charge on any atom is 0.0963 e. The molecule has 3 aliphatic heterocycles. The number of fused-ring (bicyclic) bond motifs is 4. The highest BCUT2D eigenvalue weighted by Gasteiger charge is 2.31. The summed E-state index contributed by atoms with van der Waals surface area (Å²) < 4.78 is 3.57. The molecule has 1 fully saturated rings. The average molecular weight is 453 g/mol. The molecule has 0 radical (unpaired) electrons. The van der Waals surface area contributed by atoms with E-state index in [0.29, 0.717) is 6.04 Å². The third-order valence-corrected chi connectivity index (χ3v) is 7.56. The Morgan fingerprint density at radius 3 is 2.91 bits per heavy atom. The van der Waals surface area contributed by atoms with Gasteiger partial charge in [0.25, 0.3) is 0 Å². The lowest BCUT2D eigenvalue weighted by Crippen LogP contribution is -2.51. The van der Waals surface area contributed by atoms with E-state index in [-0.39, 0.29) is 0 Å². The smallest absolute Gasteiger partial charge is 0.0963 e. The summed E-state index contributed by atoms with van der Waals surface area (Å²) in [5, 5.41) is 6.48. The van der Waals surface area contributed by atoms with Crippen molar-refractivity contribution in [2.75, 3.05) is 29.3 Å². The average Bonchev–Trinajstić information content (AvgIpc) is 2.97. The van der Waals surface area contributed by atoms with Gasteiger partial charge in [0.15, 0.2) is 0 Å². The molecule has 0 bridgehead atoms. The molecule has 5 heteroatoms. The number of anilines is 2.